The molecule has 2 amide bonds. The van der Waals surface area contributed by atoms with E-state index < -0.39 is 241 Å². The van der Waals surface area contributed by atoms with Crippen LogP contribution in [0.2, 0.25) is 0 Å². The Kier molecular flexibility index (Phi) is 13.5. The molecule has 0 saturated carbocycles. The van der Waals surface area contributed by atoms with Crippen molar-refractivity contribution in [3.63, 3.8) is 0 Å². The molecule has 6 aromatic carbocycles. The molecule has 0 spiro atoms. The standard InChI is InChI=1S/2C37H40F4N4O2S/c1-4-43(5-2)18-19-44(22-26-6-10-28(11-7-26)29-12-14-30(15-13-29)37(39,40)41)34(46)23-45-33-21-25(3)20-32(33)35(47)42-36(45)48-24-27-8-16-31(38)17-9-27;1-4-43(5-2)19-20-44(22-29-12-11-28(21-25(29)3)27-13-15-30(16-14-27)37(39,40)41)34(46)23-45-33-8-6-7-32(33)35(47)42-36(45)48-24-26-9-17-31(38)18-10-26/h6-17,25H,4-5,18-24H2,1-3H3;9-18,21H,4-8,19-20,22-24H2,1-3H3/i4D2,5D2,6D,7D,8D,9D,10D,11D,12D,13D,14D,15D,16D,17D,18D2,19D2,20D2,21D2,22D2,23D2,24D2,25D;11D,12D,21D. The molecule has 2 aliphatic rings. The van der Waals surface area contributed by atoms with Gasteiger partial charge in [0, 0.05) is 90.9 Å². The van der Waals surface area contributed by atoms with Gasteiger partial charge >= 0.3 is 12.4 Å². The second kappa shape index (κ2) is 32.9. The van der Waals surface area contributed by atoms with Crippen molar-refractivity contribution in [2.75, 3.05) is 52.2 Å². The first kappa shape index (κ1) is 39.5. The minimum Gasteiger partial charge on any atom is -0.336 e. The molecule has 12 nitrogen and oxygen atoms in total. The Morgan fingerprint density at radius 2 is 1.23 bits per heavy atom. The number of carbonyl (C=O) groups excluding carboxylic acids is 2. The van der Waals surface area contributed by atoms with Gasteiger partial charge in [0.1, 0.15) is 24.7 Å². The lowest BCUT2D eigenvalue weighted by molar-refractivity contribution is -0.138. The number of carbonyl (C=O) groups is 2. The fourth-order valence-electron chi connectivity index (χ4n) is 9.29. The van der Waals surface area contributed by atoms with E-state index in [9.17, 15) is 57.7 Å². The number of nitrogens with zero attached hydrogens (tertiary/aromatic N) is 8. The third-order valence-electron chi connectivity index (χ3n) is 14.3. The predicted molar refractivity (Wildman–Crippen MR) is 362 cm³/mol. The van der Waals surface area contributed by atoms with E-state index >= 15 is 4.79 Å². The van der Waals surface area contributed by atoms with Crippen LogP contribution in [0.4, 0.5) is 35.1 Å². The Morgan fingerprint density at radius 3 is 1.85 bits per heavy atom. The zero-order chi connectivity index (χ0) is 99.0. The Bertz CT molecular complexity index is 5830. The maximum atomic E-state index is 15.7. The summed E-state index contributed by atoms with van der Waals surface area (Å²) in [5.74, 6) is -8.56. The number of amides is 2. The number of fused-ring (bicyclic) bond motifs is 2. The van der Waals surface area contributed by atoms with Gasteiger partial charge in [-0.15, -0.1) is 0 Å². The normalized spacial score (nSPS) is 21.6. The number of likely N-dealkylation sites (N-methyl/N-ethyl adjacent to an activating group) is 2. The van der Waals surface area contributed by atoms with E-state index in [4.69, 9.17) is 38.4 Å². The van der Waals surface area contributed by atoms with Crippen LogP contribution in [0, 0.1) is 24.5 Å². The molecule has 0 saturated heterocycles. The molecule has 2 aromatic heterocycles. The van der Waals surface area contributed by atoms with E-state index in [1.807, 2.05) is 13.8 Å². The lowest BCUT2D eigenvalue weighted by Crippen LogP contribution is -2.40. The van der Waals surface area contributed by atoms with Gasteiger partial charge in [0.25, 0.3) is 11.1 Å². The number of rotatable bonds is 26. The summed E-state index contributed by atoms with van der Waals surface area (Å²) in [5, 5.41) is -1.40. The van der Waals surface area contributed by atoms with Crippen LogP contribution in [0.15, 0.2) is 159 Å². The highest BCUT2D eigenvalue weighted by atomic mass is 32.2. The fraction of sp³-hybridized carbons (Fsp3) is 0.378. The number of aromatic nitrogens is 4. The van der Waals surface area contributed by atoms with Crippen molar-refractivity contribution in [2.24, 2.45) is 5.89 Å². The average molecular weight is 1400 g/mol. The van der Waals surface area contributed by atoms with Crippen LogP contribution in [0.5, 0.6) is 0 Å². The lowest BCUT2D eigenvalue weighted by Gasteiger charge is -2.28. The third-order valence-corrected chi connectivity index (χ3v) is 16.1. The summed E-state index contributed by atoms with van der Waals surface area (Å²) in [7, 11) is 0. The fourth-order valence-corrected chi connectivity index (χ4v) is 10.9. The highest BCUT2D eigenvalue weighted by Gasteiger charge is 2.33. The molecule has 0 N–H and O–H groups in total. The minimum atomic E-state index is -5.58. The summed E-state index contributed by atoms with van der Waals surface area (Å²) >= 11 is 0.543. The minimum absolute atomic E-state index is 0.0497. The van der Waals surface area contributed by atoms with E-state index in [0.717, 1.165) is 42.9 Å². The van der Waals surface area contributed by atoms with E-state index in [1.54, 1.807) is 28.5 Å². The molecule has 0 aliphatic heterocycles. The molecule has 2 aliphatic carbocycles. The van der Waals surface area contributed by atoms with Gasteiger partial charge in [-0.2, -0.15) is 36.3 Å². The van der Waals surface area contributed by atoms with Crippen molar-refractivity contribution in [2.45, 2.75) is 134 Å². The monoisotopic (exact) mass is 1390 g/mol. The third kappa shape index (κ3) is 19.0. The zero-order valence-corrected chi connectivity index (χ0v) is 53.4. The predicted octanol–water partition coefficient (Wildman–Crippen LogP) is 15.0. The van der Waals surface area contributed by atoms with E-state index in [2.05, 4.69) is 14.9 Å². The quantitative estimate of drug-likeness (QED) is 0.0295. The maximum absolute atomic E-state index is 15.7. The van der Waals surface area contributed by atoms with Gasteiger partial charge < -0.3 is 28.7 Å². The van der Waals surface area contributed by atoms with Crippen LogP contribution >= 0.6 is 23.5 Å². The van der Waals surface area contributed by atoms with Gasteiger partial charge in [0.2, 0.25) is 11.8 Å². The van der Waals surface area contributed by atoms with Crippen molar-refractivity contribution in [1.29, 1.82) is 0 Å². The first-order valence-electron chi connectivity index (χ1n) is 46.0. The van der Waals surface area contributed by atoms with Crippen LogP contribution in [-0.4, -0.2) is 103 Å². The second-order valence-electron chi connectivity index (χ2n) is 20.6. The SMILES string of the molecule is [2H]c1c([2H])c(-c2ccc(C(F)(F)F)cc2)c([2H])c(C)c1CN(CCN(CC)CC)C(=O)Cn1c(SCc2ccc(F)cc2)nc(=O)c2c1CCC2.[2H]c1c([2H])c(C([2H])([2H])Sc2nc(=O)c3c(n2C([2H])([2H])C(=O)N(C([2H])([2H])c2c([2H])c([2H])c(-c4c([2H])c([2H])c(C(F)(F)F)c([2H])c4[2H])c([2H])c2[2H])C([2H])([2H])C([2H])([2H])N(C([2H])([2H])C)C([2H])([2H])C)C([2H])([2H])C([2H])(C)C3([2H])[2H])c([2H])c([2H])c1F. The maximum Gasteiger partial charge on any atom is 0.416 e. The second-order valence-corrected chi connectivity index (χ2v) is 22.4. The molecule has 2 heterocycles. The van der Waals surface area contributed by atoms with Crippen LogP contribution < -0.4 is 11.1 Å². The Labute approximate surface area is 611 Å². The Hall–Kier alpha value is -7.92. The molecule has 96 heavy (non-hydrogen) atoms. The molecule has 1 unspecified atom stereocenters. The van der Waals surface area contributed by atoms with Crippen LogP contribution in [-0.2, 0) is 85.1 Å². The van der Waals surface area contributed by atoms with Crippen LogP contribution in [0.25, 0.3) is 22.3 Å². The lowest BCUT2D eigenvalue weighted by atomic mass is 9.98. The van der Waals surface area contributed by atoms with E-state index in [1.165, 1.54) is 36.0 Å². The largest absolute Gasteiger partial charge is 0.416 e. The van der Waals surface area contributed by atoms with Crippen molar-refractivity contribution in [1.82, 2.24) is 38.7 Å². The summed E-state index contributed by atoms with van der Waals surface area (Å²) < 4.78 is 408. The van der Waals surface area contributed by atoms with E-state index in [0.29, 0.717) is 67.8 Å². The molecule has 0 fully saturated rings. The van der Waals surface area contributed by atoms with Crippen molar-refractivity contribution in [3.05, 3.63) is 233 Å². The molecule has 8 aromatic rings. The summed E-state index contributed by atoms with van der Waals surface area (Å²) in [6, 6.07) is -10.7. The summed E-state index contributed by atoms with van der Waals surface area (Å²) in [5.41, 5.74) is -15.8. The molecule has 0 bridgehead atoms. The molecule has 508 valence electrons. The molecule has 10 rings (SSSR count). The van der Waals surface area contributed by atoms with E-state index in [-0.39, 0.29) is 66.2 Å². The van der Waals surface area contributed by atoms with Crippen molar-refractivity contribution < 1.29 is 91.3 Å². The van der Waals surface area contributed by atoms with Gasteiger partial charge in [-0.1, -0.05) is 149 Å². The molecular weight excluding hydrogens is 1280 g/mol. The summed E-state index contributed by atoms with van der Waals surface area (Å²) in [6.45, 7) is -17.4. The van der Waals surface area contributed by atoms with Crippen molar-refractivity contribution >= 4 is 35.3 Å². The number of alkyl halides is 6. The zero-order valence-electron chi connectivity index (χ0n) is 85.7. The van der Waals surface area contributed by atoms with Gasteiger partial charge in [0.15, 0.2) is 10.3 Å². The van der Waals surface area contributed by atoms with Gasteiger partial charge in [0.05, 0.1) is 39.9 Å². The van der Waals surface area contributed by atoms with Gasteiger partial charge in [-0.05, 0) is 169 Å². The molecular formula is C74H80F8N8O4S2. The highest BCUT2D eigenvalue weighted by Crippen LogP contribution is 2.35. The Balaban J connectivity index is 0.000000321. The van der Waals surface area contributed by atoms with Gasteiger partial charge in [-0.25, -0.2) is 8.78 Å². The highest BCUT2D eigenvalue weighted by molar-refractivity contribution is 7.98. The number of hydrogen-bond acceptors (Lipinski definition) is 10. The summed E-state index contributed by atoms with van der Waals surface area (Å²) in [4.78, 5) is 66.5. The molecule has 1 atom stereocenters. The van der Waals surface area contributed by atoms with Gasteiger partial charge in [-0.3, -0.25) is 19.2 Å². The average Bonchev–Trinajstić information content (AvgIpc) is 1.52. The van der Waals surface area contributed by atoms with Crippen LogP contribution in [0.3, 0.4) is 0 Å². The smallest absolute Gasteiger partial charge is 0.336 e. The Morgan fingerprint density at radius 1 is 0.625 bits per heavy atom. The number of benzene rings is 6. The summed E-state index contributed by atoms with van der Waals surface area (Å²) in [6.07, 6.45) is -15.8. The number of hydrogen-bond donors (Lipinski definition) is 0. The first-order valence-corrected chi connectivity index (χ1v) is 30.8. The number of halogens is 8. The molecule has 22 heteroatoms. The first-order chi connectivity index (χ1) is 59.2. The number of thioether (sulfide) groups is 2. The van der Waals surface area contributed by atoms with Crippen molar-refractivity contribution in [3.8, 4) is 22.3 Å². The topological polar surface area (TPSA) is 117 Å². The van der Waals surface area contributed by atoms with Crippen LogP contribution in [0.1, 0.15) is 149 Å². The molecule has 0 radical (unpaired) electrons.